The summed E-state index contributed by atoms with van der Waals surface area (Å²) in [6.45, 7) is 10.7. The number of aliphatic imine (C=N–C) groups is 1. The Morgan fingerprint density at radius 3 is 2.29 bits per heavy atom. The lowest BCUT2D eigenvalue weighted by atomic mass is 10.2. The number of carbonyl (C=O) groups is 1. The van der Waals surface area contributed by atoms with Crippen molar-refractivity contribution in [3.63, 3.8) is 0 Å². The molecule has 0 spiro atoms. The van der Waals surface area contributed by atoms with Gasteiger partial charge in [0, 0.05) is 52.0 Å². The summed E-state index contributed by atoms with van der Waals surface area (Å²) in [6.07, 6.45) is 6.88. The molecule has 1 aromatic rings. The molecule has 0 radical (unpaired) electrons. The number of halogens is 1. The number of nitrogens with zero attached hydrogens (tertiary/aromatic N) is 5. The molecule has 1 N–H and O–H groups in total. The van der Waals surface area contributed by atoms with E-state index in [0.29, 0.717) is 26.2 Å². The number of ether oxygens (including phenoxy) is 1. The molecule has 0 saturated carbocycles. The molecule has 9 heteroatoms. The van der Waals surface area contributed by atoms with E-state index in [9.17, 15) is 4.79 Å². The summed E-state index contributed by atoms with van der Waals surface area (Å²) in [4.78, 5) is 27.8. The van der Waals surface area contributed by atoms with Crippen molar-refractivity contribution >= 4 is 41.8 Å². The zero-order valence-electron chi connectivity index (χ0n) is 18.9. The Kier molecular flexibility index (Phi) is 11.2. The predicted octanol–water partition coefficient (Wildman–Crippen LogP) is 3.32. The third-order valence-corrected chi connectivity index (χ3v) is 5.59. The van der Waals surface area contributed by atoms with Crippen LogP contribution in [0.3, 0.4) is 0 Å². The van der Waals surface area contributed by atoms with E-state index in [2.05, 4.69) is 34.2 Å². The van der Waals surface area contributed by atoms with Crippen molar-refractivity contribution in [2.24, 2.45) is 4.99 Å². The average Bonchev–Trinajstić information content (AvgIpc) is 3.07. The van der Waals surface area contributed by atoms with Gasteiger partial charge in [-0.25, -0.2) is 14.8 Å². The standard InChI is InChI=1S/C22H36N6O2.HI/c1-3-23-21(27-13-15-28(16-14-27)22(29)30-4-2)25-18-19-9-10-20(24-17-19)26-11-7-5-6-8-12-26;/h9-10,17H,3-8,11-16,18H2,1-2H3,(H,23,25);1H. The van der Waals surface area contributed by atoms with Crippen LogP contribution in [0.5, 0.6) is 0 Å². The molecule has 2 aliphatic rings. The highest BCUT2D eigenvalue weighted by atomic mass is 127. The summed E-state index contributed by atoms with van der Waals surface area (Å²) in [5.41, 5.74) is 1.11. The van der Waals surface area contributed by atoms with E-state index in [-0.39, 0.29) is 30.1 Å². The molecule has 2 fully saturated rings. The summed E-state index contributed by atoms with van der Waals surface area (Å²) in [7, 11) is 0. The zero-order valence-corrected chi connectivity index (χ0v) is 21.2. The van der Waals surface area contributed by atoms with Crippen LogP contribution in [-0.4, -0.2) is 79.3 Å². The van der Waals surface area contributed by atoms with E-state index in [0.717, 1.165) is 50.1 Å². The van der Waals surface area contributed by atoms with E-state index in [1.807, 2.05) is 13.1 Å². The summed E-state index contributed by atoms with van der Waals surface area (Å²) in [5.74, 6) is 1.96. The van der Waals surface area contributed by atoms with Gasteiger partial charge in [0.15, 0.2) is 5.96 Å². The van der Waals surface area contributed by atoms with Crippen molar-refractivity contribution in [1.82, 2.24) is 20.1 Å². The van der Waals surface area contributed by atoms with Crippen LogP contribution in [0.25, 0.3) is 0 Å². The maximum atomic E-state index is 11.9. The SMILES string of the molecule is CCNC(=NCc1ccc(N2CCCCCC2)nc1)N1CCN(C(=O)OCC)CC1.I. The maximum Gasteiger partial charge on any atom is 0.409 e. The molecule has 1 amide bonds. The number of pyridine rings is 1. The van der Waals surface area contributed by atoms with Crippen LogP contribution in [-0.2, 0) is 11.3 Å². The molecule has 3 heterocycles. The molecule has 174 valence electrons. The lowest BCUT2D eigenvalue weighted by Crippen LogP contribution is -2.53. The second kappa shape index (κ2) is 13.6. The van der Waals surface area contributed by atoms with Gasteiger partial charge in [0.05, 0.1) is 13.2 Å². The number of hydrogen-bond acceptors (Lipinski definition) is 5. The minimum absolute atomic E-state index is 0. The smallest absolute Gasteiger partial charge is 0.409 e. The van der Waals surface area contributed by atoms with Crippen LogP contribution in [0.15, 0.2) is 23.3 Å². The first-order valence-corrected chi connectivity index (χ1v) is 11.4. The third-order valence-electron chi connectivity index (χ3n) is 5.59. The Balaban J connectivity index is 0.00000341. The highest BCUT2D eigenvalue weighted by Crippen LogP contribution is 2.17. The average molecular weight is 544 g/mol. The van der Waals surface area contributed by atoms with Crippen LogP contribution in [0, 0.1) is 0 Å². The number of carbonyl (C=O) groups excluding carboxylic acids is 1. The van der Waals surface area contributed by atoms with Crippen LogP contribution < -0.4 is 10.2 Å². The van der Waals surface area contributed by atoms with Crippen LogP contribution in [0.1, 0.15) is 45.1 Å². The van der Waals surface area contributed by atoms with Crippen molar-refractivity contribution in [1.29, 1.82) is 0 Å². The zero-order chi connectivity index (χ0) is 21.2. The Labute approximate surface area is 203 Å². The largest absolute Gasteiger partial charge is 0.450 e. The van der Waals surface area contributed by atoms with Gasteiger partial charge in [-0.3, -0.25) is 0 Å². The lowest BCUT2D eigenvalue weighted by molar-refractivity contribution is 0.0914. The summed E-state index contributed by atoms with van der Waals surface area (Å²) in [6, 6.07) is 4.26. The number of anilines is 1. The lowest BCUT2D eigenvalue weighted by Gasteiger charge is -2.35. The molecule has 31 heavy (non-hydrogen) atoms. The molecule has 8 nitrogen and oxygen atoms in total. The minimum Gasteiger partial charge on any atom is -0.450 e. The second-order valence-electron chi connectivity index (χ2n) is 7.77. The molecular formula is C22H37IN6O2. The number of rotatable bonds is 5. The molecular weight excluding hydrogens is 507 g/mol. The molecule has 0 aliphatic carbocycles. The second-order valence-corrected chi connectivity index (χ2v) is 7.77. The van der Waals surface area contributed by atoms with Crippen molar-refractivity contribution in [3.8, 4) is 0 Å². The summed E-state index contributed by atoms with van der Waals surface area (Å²) < 4.78 is 5.10. The topological polar surface area (TPSA) is 73.3 Å². The van der Waals surface area contributed by atoms with Crippen molar-refractivity contribution in [3.05, 3.63) is 23.9 Å². The van der Waals surface area contributed by atoms with Gasteiger partial charge in [0.1, 0.15) is 5.82 Å². The van der Waals surface area contributed by atoms with E-state index in [4.69, 9.17) is 14.7 Å². The molecule has 0 bridgehead atoms. The molecule has 2 saturated heterocycles. The van der Waals surface area contributed by atoms with Crippen LogP contribution in [0.4, 0.5) is 10.6 Å². The van der Waals surface area contributed by atoms with Gasteiger partial charge in [-0.15, -0.1) is 24.0 Å². The van der Waals surface area contributed by atoms with Gasteiger partial charge >= 0.3 is 6.09 Å². The fraction of sp³-hybridized carbons (Fsp3) is 0.682. The number of piperazine rings is 1. The van der Waals surface area contributed by atoms with Crippen molar-refractivity contribution in [2.75, 3.05) is 57.3 Å². The van der Waals surface area contributed by atoms with Gasteiger partial charge in [-0.05, 0) is 38.3 Å². The molecule has 1 aromatic heterocycles. The van der Waals surface area contributed by atoms with Crippen LogP contribution in [0.2, 0.25) is 0 Å². The molecule has 0 atom stereocenters. The quantitative estimate of drug-likeness (QED) is 0.349. The maximum absolute atomic E-state index is 11.9. The fourth-order valence-electron chi connectivity index (χ4n) is 3.90. The first-order valence-electron chi connectivity index (χ1n) is 11.4. The predicted molar refractivity (Wildman–Crippen MR) is 135 cm³/mol. The first kappa shape index (κ1) is 25.5. The van der Waals surface area contributed by atoms with E-state index in [1.54, 1.807) is 4.90 Å². The van der Waals surface area contributed by atoms with Gasteiger partial charge in [0.2, 0.25) is 0 Å². The highest BCUT2D eigenvalue weighted by molar-refractivity contribution is 14.0. The monoisotopic (exact) mass is 544 g/mol. The van der Waals surface area contributed by atoms with E-state index in [1.165, 1.54) is 25.7 Å². The van der Waals surface area contributed by atoms with Gasteiger partial charge in [-0.2, -0.15) is 0 Å². The van der Waals surface area contributed by atoms with Gasteiger partial charge in [-0.1, -0.05) is 18.9 Å². The summed E-state index contributed by atoms with van der Waals surface area (Å²) >= 11 is 0. The molecule has 0 unspecified atom stereocenters. The van der Waals surface area contributed by atoms with Crippen molar-refractivity contribution < 1.29 is 9.53 Å². The number of guanidine groups is 1. The number of aromatic nitrogens is 1. The van der Waals surface area contributed by atoms with Gasteiger partial charge in [0.25, 0.3) is 0 Å². The number of hydrogen-bond donors (Lipinski definition) is 1. The Morgan fingerprint density at radius 1 is 1.03 bits per heavy atom. The first-order chi connectivity index (χ1) is 14.7. The Hall–Kier alpha value is -1.78. The minimum atomic E-state index is -0.227. The van der Waals surface area contributed by atoms with E-state index < -0.39 is 0 Å². The highest BCUT2D eigenvalue weighted by Gasteiger charge is 2.23. The molecule has 2 aliphatic heterocycles. The number of nitrogens with one attached hydrogen (secondary N) is 1. The normalized spacial score (nSPS) is 17.6. The third kappa shape index (κ3) is 7.69. The molecule has 0 aromatic carbocycles. The van der Waals surface area contributed by atoms with Gasteiger partial charge < -0.3 is 24.8 Å². The summed E-state index contributed by atoms with van der Waals surface area (Å²) in [5, 5.41) is 3.37. The number of amides is 1. The Bertz CT molecular complexity index is 684. The van der Waals surface area contributed by atoms with Crippen LogP contribution >= 0.6 is 24.0 Å². The van der Waals surface area contributed by atoms with E-state index >= 15 is 0 Å². The molecule has 3 rings (SSSR count). The van der Waals surface area contributed by atoms with Crippen molar-refractivity contribution in [2.45, 2.75) is 46.1 Å². The fourth-order valence-corrected chi connectivity index (χ4v) is 3.90. The Morgan fingerprint density at radius 2 is 1.71 bits per heavy atom.